The molecular formula is C18H22N2O2. The fourth-order valence-corrected chi connectivity index (χ4v) is 3.11. The Labute approximate surface area is 131 Å². The molecule has 116 valence electrons. The molecule has 3 N–H and O–H groups in total. The lowest BCUT2D eigenvalue weighted by molar-refractivity contribution is 0.351. The van der Waals surface area contributed by atoms with E-state index < -0.39 is 0 Å². The van der Waals surface area contributed by atoms with Crippen LogP contribution in [0.1, 0.15) is 29.7 Å². The number of nitrogens with one attached hydrogen (secondary N) is 1. The number of ether oxygens (including phenoxy) is 2. The van der Waals surface area contributed by atoms with Gasteiger partial charge in [-0.25, -0.2) is 0 Å². The van der Waals surface area contributed by atoms with E-state index in [0.717, 1.165) is 23.6 Å². The van der Waals surface area contributed by atoms with Crippen LogP contribution in [0.3, 0.4) is 0 Å². The van der Waals surface area contributed by atoms with Crippen LogP contribution in [-0.2, 0) is 6.42 Å². The zero-order valence-electron chi connectivity index (χ0n) is 13.2. The van der Waals surface area contributed by atoms with Gasteiger partial charge in [0.25, 0.3) is 0 Å². The predicted molar refractivity (Wildman–Crippen MR) is 88.5 cm³/mol. The second-order valence-corrected chi connectivity index (χ2v) is 5.78. The monoisotopic (exact) mass is 298 g/mol. The third-order valence-corrected chi connectivity index (χ3v) is 4.20. The van der Waals surface area contributed by atoms with Crippen LogP contribution in [-0.4, -0.2) is 20.3 Å². The van der Waals surface area contributed by atoms with Crippen molar-refractivity contribution in [1.82, 2.24) is 5.32 Å². The summed E-state index contributed by atoms with van der Waals surface area (Å²) in [6, 6.07) is 12.7. The van der Waals surface area contributed by atoms with Crippen molar-refractivity contribution in [2.75, 3.05) is 20.0 Å². The van der Waals surface area contributed by atoms with Gasteiger partial charge in [-0.05, 0) is 54.3 Å². The molecule has 0 bridgehead atoms. The summed E-state index contributed by atoms with van der Waals surface area (Å²) in [6.45, 7) is 2.20. The summed E-state index contributed by atoms with van der Waals surface area (Å²) >= 11 is 0. The van der Waals surface area contributed by atoms with Crippen molar-refractivity contribution in [2.45, 2.75) is 25.4 Å². The third kappa shape index (κ3) is 2.62. The van der Waals surface area contributed by atoms with Gasteiger partial charge in [0.05, 0.1) is 20.3 Å². The molecule has 2 aromatic carbocycles. The molecule has 0 saturated heterocycles. The lowest BCUT2D eigenvalue weighted by Crippen LogP contribution is -2.37. The van der Waals surface area contributed by atoms with E-state index in [-0.39, 0.29) is 6.04 Å². The highest BCUT2D eigenvalue weighted by molar-refractivity contribution is 5.52. The molecule has 1 heterocycles. The molecule has 3 rings (SSSR count). The summed E-state index contributed by atoms with van der Waals surface area (Å²) in [7, 11) is 3.34. The quantitative estimate of drug-likeness (QED) is 0.856. The van der Waals surface area contributed by atoms with Gasteiger partial charge in [-0.15, -0.1) is 0 Å². The Balaban J connectivity index is 2.09. The maximum Gasteiger partial charge on any atom is 0.161 e. The molecule has 0 fully saturated rings. The van der Waals surface area contributed by atoms with E-state index >= 15 is 0 Å². The number of nitrogens with two attached hydrogens (primary N) is 1. The molecule has 22 heavy (non-hydrogen) atoms. The van der Waals surface area contributed by atoms with Gasteiger partial charge in [0.15, 0.2) is 11.5 Å². The maximum absolute atomic E-state index is 5.80. The van der Waals surface area contributed by atoms with Crippen LogP contribution in [0, 0.1) is 0 Å². The summed E-state index contributed by atoms with van der Waals surface area (Å²) in [5.74, 6) is 1.55. The van der Waals surface area contributed by atoms with E-state index in [1.807, 2.05) is 12.1 Å². The summed E-state index contributed by atoms with van der Waals surface area (Å²) in [5.41, 5.74) is 10.3. The Morgan fingerprint density at radius 2 is 1.68 bits per heavy atom. The van der Waals surface area contributed by atoms with E-state index in [1.54, 1.807) is 14.2 Å². The number of hydrogen-bond acceptors (Lipinski definition) is 4. The lowest BCUT2D eigenvalue weighted by Gasteiger charge is -2.32. The molecular weight excluding hydrogens is 276 g/mol. The van der Waals surface area contributed by atoms with E-state index in [1.165, 1.54) is 16.7 Å². The van der Waals surface area contributed by atoms with Gasteiger partial charge in [0, 0.05) is 11.7 Å². The molecule has 0 spiro atoms. The highest BCUT2D eigenvalue weighted by Gasteiger charge is 2.27. The number of anilines is 1. The second kappa shape index (κ2) is 5.89. The van der Waals surface area contributed by atoms with Crippen molar-refractivity contribution in [3.63, 3.8) is 0 Å². The van der Waals surface area contributed by atoms with Crippen LogP contribution in [0.15, 0.2) is 36.4 Å². The number of hydrogen-bond donors (Lipinski definition) is 2. The smallest absolute Gasteiger partial charge is 0.161 e. The summed E-state index contributed by atoms with van der Waals surface area (Å²) in [6.07, 6.45) is 0.973. The van der Waals surface area contributed by atoms with Crippen molar-refractivity contribution in [3.8, 4) is 11.5 Å². The van der Waals surface area contributed by atoms with Crippen LogP contribution in [0.4, 0.5) is 5.69 Å². The van der Waals surface area contributed by atoms with E-state index in [2.05, 4.69) is 36.5 Å². The molecule has 0 amide bonds. The van der Waals surface area contributed by atoms with Crippen molar-refractivity contribution < 1.29 is 9.47 Å². The minimum Gasteiger partial charge on any atom is -0.493 e. The SMILES string of the molecule is COc1cc2c(cc1OC)C(c1ccc(N)cc1)NC(C)C2. The number of benzene rings is 2. The van der Waals surface area contributed by atoms with Gasteiger partial charge in [-0.2, -0.15) is 0 Å². The van der Waals surface area contributed by atoms with Crippen molar-refractivity contribution in [1.29, 1.82) is 0 Å². The maximum atomic E-state index is 5.80. The molecule has 1 aliphatic rings. The molecule has 4 heteroatoms. The summed E-state index contributed by atoms with van der Waals surface area (Å²) < 4.78 is 10.9. The van der Waals surface area contributed by atoms with Gasteiger partial charge in [-0.1, -0.05) is 12.1 Å². The van der Waals surface area contributed by atoms with Crippen molar-refractivity contribution in [3.05, 3.63) is 53.1 Å². The normalized spacial score (nSPS) is 20.3. The molecule has 0 radical (unpaired) electrons. The second-order valence-electron chi connectivity index (χ2n) is 5.78. The Bertz CT molecular complexity index is 668. The molecule has 0 saturated carbocycles. The van der Waals surface area contributed by atoms with Crippen LogP contribution < -0.4 is 20.5 Å². The molecule has 2 unspecified atom stereocenters. The predicted octanol–water partition coefficient (Wildman–Crippen LogP) is 2.91. The van der Waals surface area contributed by atoms with Gasteiger partial charge < -0.3 is 20.5 Å². The van der Waals surface area contributed by atoms with Crippen LogP contribution in [0.5, 0.6) is 11.5 Å². The minimum atomic E-state index is 0.138. The average molecular weight is 298 g/mol. The number of fused-ring (bicyclic) bond motifs is 1. The van der Waals surface area contributed by atoms with Gasteiger partial charge >= 0.3 is 0 Å². The first-order valence-corrected chi connectivity index (χ1v) is 7.48. The Hall–Kier alpha value is -2.20. The van der Waals surface area contributed by atoms with Crippen molar-refractivity contribution >= 4 is 5.69 Å². The molecule has 4 nitrogen and oxygen atoms in total. The molecule has 2 aromatic rings. The number of methoxy groups -OCH3 is 2. The van der Waals surface area contributed by atoms with Crippen LogP contribution >= 0.6 is 0 Å². The van der Waals surface area contributed by atoms with Gasteiger partial charge in [-0.3, -0.25) is 0 Å². The molecule has 0 aromatic heterocycles. The average Bonchev–Trinajstić information content (AvgIpc) is 2.53. The Kier molecular flexibility index (Phi) is 3.94. The summed E-state index contributed by atoms with van der Waals surface area (Å²) in [4.78, 5) is 0. The fourth-order valence-electron chi connectivity index (χ4n) is 3.11. The molecule has 1 aliphatic heterocycles. The number of nitrogen functional groups attached to an aromatic ring is 1. The van der Waals surface area contributed by atoms with E-state index in [0.29, 0.717) is 6.04 Å². The largest absolute Gasteiger partial charge is 0.493 e. The summed E-state index contributed by atoms with van der Waals surface area (Å²) in [5, 5.41) is 3.66. The highest BCUT2D eigenvalue weighted by atomic mass is 16.5. The first-order valence-electron chi connectivity index (χ1n) is 7.48. The first-order chi connectivity index (χ1) is 10.6. The van der Waals surface area contributed by atoms with Crippen molar-refractivity contribution in [2.24, 2.45) is 0 Å². The van der Waals surface area contributed by atoms with E-state index in [9.17, 15) is 0 Å². The molecule has 2 atom stereocenters. The van der Waals surface area contributed by atoms with Crippen LogP contribution in [0.2, 0.25) is 0 Å². The highest BCUT2D eigenvalue weighted by Crippen LogP contribution is 2.38. The molecule has 0 aliphatic carbocycles. The van der Waals surface area contributed by atoms with Crippen LogP contribution in [0.25, 0.3) is 0 Å². The zero-order chi connectivity index (χ0) is 15.7. The van der Waals surface area contributed by atoms with E-state index in [4.69, 9.17) is 15.2 Å². The topological polar surface area (TPSA) is 56.5 Å². The first kappa shape index (κ1) is 14.7. The van der Waals surface area contributed by atoms with Gasteiger partial charge in [0.1, 0.15) is 0 Å². The zero-order valence-corrected chi connectivity index (χ0v) is 13.2. The Morgan fingerprint density at radius 1 is 1.05 bits per heavy atom. The van der Waals surface area contributed by atoms with Gasteiger partial charge in [0.2, 0.25) is 0 Å². The fraction of sp³-hybridized carbons (Fsp3) is 0.333. The third-order valence-electron chi connectivity index (χ3n) is 4.20. The Morgan fingerprint density at radius 3 is 2.32 bits per heavy atom. The number of rotatable bonds is 3. The lowest BCUT2D eigenvalue weighted by atomic mass is 9.86. The minimum absolute atomic E-state index is 0.138. The standard InChI is InChI=1S/C18H22N2O2/c1-11-8-13-9-16(21-2)17(22-3)10-15(13)18(20-11)12-4-6-14(19)7-5-12/h4-7,9-11,18,20H,8,19H2,1-3H3.